The Morgan fingerprint density at radius 3 is 2.71 bits per heavy atom. The molecule has 0 aromatic heterocycles. The minimum atomic E-state index is -0.212. The molecule has 0 spiro atoms. The topological polar surface area (TPSA) is 26.3 Å². The standard InChI is InChI=1S/C19H24O2/c1-15(2)11-12-21-19(20)14-16-7-6-10-18(13-16)17-8-4-3-5-9-17/h3-5,8-9,13-15H,6-7,10-12H2,1-2H3/b16-14+. The summed E-state index contributed by atoms with van der Waals surface area (Å²) in [5.74, 6) is 0.348. The Bertz CT molecular complexity index is 524. The lowest BCUT2D eigenvalue weighted by Crippen LogP contribution is -2.06. The van der Waals surface area contributed by atoms with Gasteiger partial charge in [-0.1, -0.05) is 50.3 Å². The molecule has 0 fully saturated rings. The van der Waals surface area contributed by atoms with Gasteiger partial charge in [-0.15, -0.1) is 0 Å². The Morgan fingerprint density at radius 2 is 2.00 bits per heavy atom. The molecule has 0 bridgehead atoms. The highest BCUT2D eigenvalue weighted by Crippen LogP contribution is 2.29. The number of esters is 1. The van der Waals surface area contributed by atoms with Crippen LogP contribution in [0.25, 0.3) is 5.57 Å². The normalized spacial score (nSPS) is 16.9. The van der Waals surface area contributed by atoms with E-state index < -0.39 is 0 Å². The number of carbonyl (C=O) groups is 1. The van der Waals surface area contributed by atoms with Crippen molar-refractivity contribution in [2.45, 2.75) is 39.5 Å². The summed E-state index contributed by atoms with van der Waals surface area (Å²) in [5.41, 5.74) is 3.63. The third-order valence-electron chi connectivity index (χ3n) is 3.66. The molecule has 0 saturated heterocycles. The highest BCUT2D eigenvalue weighted by molar-refractivity contribution is 5.84. The summed E-state index contributed by atoms with van der Waals surface area (Å²) in [6.45, 7) is 4.76. The Labute approximate surface area is 127 Å². The maximum absolute atomic E-state index is 11.8. The van der Waals surface area contributed by atoms with E-state index in [1.54, 1.807) is 6.08 Å². The van der Waals surface area contributed by atoms with Crippen LogP contribution in [0.5, 0.6) is 0 Å². The highest BCUT2D eigenvalue weighted by atomic mass is 16.5. The highest BCUT2D eigenvalue weighted by Gasteiger charge is 2.11. The van der Waals surface area contributed by atoms with Crippen LogP contribution in [0.2, 0.25) is 0 Å². The molecule has 0 atom stereocenters. The summed E-state index contributed by atoms with van der Waals surface area (Å²) in [5, 5.41) is 0. The van der Waals surface area contributed by atoms with Crippen molar-refractivity contribution in [2.24, 2.45) is 5.92 Å². The third-order valence-corrected chi connectivity index (χ3v) is 3.66. The molecule has 0 N–H and O–H groups in total. The van der Waals surface area contributed by atoms with Crippen LogP contribution in [0.1, 0.15) is 45.1 Å². The van der Waals surface area contributed by atoms with Gasteiger partial charge in [0.15, 0.2) is 0 Å². The predicted molar refractivity (Wildman–Crippen MR) is 86.8 cm³/mol. The summed E-state index contributed by atoms with van der Waals surface area (Å²) in [4.78, 5) is 11.8. The monoisotopic (exact) mass is 284 g/mol. The average Bonchev–Trinajstić information content (AvgIpc) is 2.48. The number of ether oxygens (including phenoxy) is 1. The number of hydrogen-bond donors (Lipinski definition) is 0. The summed E-state index contributed by atoms with van der Waals surface area (Å²) in [6, 6.07) is 10.4. The van der Waals surface area contributed by atoms with Gasteiger partial charge in [0, 0.05) is 6.08 Å². The maximum Gasteiger partial charge on any atom is 0.331 e. The van der Waals surface area contributed by atoms with Crippen molar-refractivity contribution in [1.29, 1.82) is 0 Å². The molecule has 0 saturated carbocycles. The fourth-order valence-corrected chi connectivity index (χ4v) is 2.43. The predicted octanol–water partition coefficient (Wildman–Crippen LogP) is 4.77. The van der Waals surface area contributed by atoms with Crippen molar-refractivity contribution >= 4 is 11.5 Å². The van der Waals surface area contributed by atoms with Gasteiger partial charge < -0.3 is 4.74 Å². The van der Waals surface area contributed by atoms with Crippen LogP contribution in [0.3, 0.4) is 0 Å². The minimum absolute atomic E-state index is 0.212. The van der Waals surface area contributed by atoms with E-state index >= 15 is 0 Å². The fraction of sp³-hybridized carbons (Fsp3) is 0.421. The Morgan fingerprint density at radius 1 is 1.24 bits per heavy atom. The van der Waals surface area contributed by atoms with Crippen LogP contribution in [0.4, 0.5) is 0 Å². The van der Waals surface area contributed by atoms with E-state index in [0.717, 1.165) is 31.3 Å². The van der Waals surface area contributed by atoms with E-state index in [-0.39, 0.29) is 5.97 Å². The molecule has 0 aliphatic heterocycles. The molecule has 112 valence electrons. The number of rotatable bonds is 5. The smallest absolute Gasteiger partial charge is 0.331 e. The molecule has 1 aromatic carbocycles. The lowest BCUT2D eigenvalue weighted by atomic mass is 9.90. The Hall–Kier alpha value is -1.83. The van der Waals surface area contributed by atoms with Crippen molar-refractivity contribution in [1.82, 2.24) is 0 Å². The molecule has 1 aliphatic carbocycles. The molecule has 21 heavy (non-hydrogen) atoms. The molecular weight excluding hydrogens is 260 g/mol. The van der Waals surface area contributed by atoms with E-state index in [1.807, 2.05) is 18.2 Å². The number of carbonyl (C=O) groups excluding carboxylic acids is 1. The van der Waals surface area contributed by atoms with Crippen molar-refractivity contribution in [3.05, 3.63) is 53.6 Å². The molecule has 0 heterocycles. The number of hydrogen-bond acceptors (Lipinski definition) is 2. The van der Waals surface area contributed by atoms with E-state index in [2.05, 4.69) is 32.1 Å². The summed E-state index contributed by atoms with van der Waals surface area (Å²) in [7, 11) is 0. The van der Waals surface area contributed by atoms with Gasteiger partial charge in [-0.25, -0.2) is 4.79 Å². The van der Waals surface area contributed by atoms with Gasteiger partial charge in [0.05, 0.1) is 6.61 Å². The Kier molecular flexibility index (Phi) is 5.79. The van der Waals surface area contributed by atoms with Crippen molar-refractivity contribution in [3.63, 3.8) is 0 Å². The second-order valence-electron chi connectivity index (χ2n) is 5.96. The number of benzene rings is 1. The molecule has 0 amide bonds. The van der Waals surface area contributed by atoms with E-state index in [4.69, 9.17) is 4.74 Å². The Balaban J connectivity index is 1.99. The largest absolute Gasteiger partial charge is 0.463 e. The second kappa shape index (κ2) is 7.82. The number of allylic oxidation sites excluding steroid dienone is 3. The zero-order chi connectivity index (χ0) is 15.1. The van der Waals surface area contributed by atoms with Gasteiger partial charge in [-0.3, -0.25) is 0 Å². The molecule has 0 unspecified atom stereocenters. The first-order chi connectivity index (χ1) is 10.1. The zero-order valence-electron chi connectivity index (χ0n) is 13.0. The van der Waals surface area contributed by atoms with E-state index in [1.165, 1.54) is 11.1 Å². The third kappa shape index (κ3) is 5.22. The molecular formula is C19H24O2. The summed E-state index contributed by atoms with van der Waals surface area (Å²) >= 11 is 0. The van der Waals surface area contributed by atoms with E-state index in [9.17, 15) is 4.79 Å². The average molecular weight is 284 g/mol. The maximum atomic E-state index is 11.8. The van der Waals surface area contributed by atoms with E-state index in [0.29, 0.717) is 12.5 Å². The van der Waals surface area contributed by atoms with Crippen molar-refractivity contribution in [3.8, 4) is 0 Å². The van der Waals surface area contributed by atoms with Crippen LogP contribution < -0.4 is 0 Å². The van der Waals surface area contributed by atoms with Gasteiger partial charge in [-0.2, -0.15) is 0 Å². The van der Waals surface area contributed by atoms with Crippen molar-refractivity contribution in [2.75, 3.05) is 6.61 Å². The SMILES string of the molecule is CC(C)CCOC(=O)/C=C1/C=C(c2ccccc2)CCC1. The molecule has 2 rings (SSSR count). The molecule has 1 aromatic rings. The fourth-order valence-electron chi connectivity index (χ4n) is 2.43. The second-order valence-corrected chi connectivity index (χ2v) is 5.96. The van der Waals surface area contributed by atoms with Gasteiger partial charge in [-0.05, 0) is 48.3 Å². The molecule has 0 radical (unpaired) electrons. The first-order valence-corrected chi connectivity index (χ1v) is 7.78. The van der Waals surface area contributed by atoms with Gasteiger partial charge in [0.2, 0.25) is 0 Å². The lowest BCUT2D eigenvalue weighted by Gasteiger charge is -2.15. The first-order valence-electron chi connectivity index (χ1n) is 7.78. The molecule has 2 nitrogen and oxygen atoms in total. The lowest BCUT2D eigenvalue weighted by molar-refractivity contribution is -0.138. The molecule has 2 heteroatoms. The quantitative estimate of drug-likeness (QED) is 0.575. The van der Waals surface area contributed by atoms with Gasteiger partial charge in [0.25, 0.3) is 0 Å². The first kappa shape index (κ1) is 15.6. The minimum Gasteiger partial charge on any atom is -0.463 e. The van der Waals surface area contributed by atoms with Crippen LogP contribution in [-0.4, -0.2) is 12.6 Å². The van der Waals surface area contributed by atoms with Crippen molar-refractivity contribution < 1.29 is 9.53 Å². The van der Waals surface area contributed by atoms with Crippen LogP contribution in [0.15, 0.2) is 48.1 Å². The summed E-state index contributed by atoms with van der Waals surface area (Å²) < 4.78 is 5.25. The molecule has 1 aliphatic rings. The van der Waals surface area contributed by atoms with Crippen LogP contribution in [-0.2, 0) is 9.53 Å². The van der Waals surface area contributed by atoms with Crippen LogP contribution >= 0.6 is 0 Å². The van der Waals surface area contributed by atoms with Gasteiger partial charge in [0.1, 0.15) is 0 Å². The van der Waals surface area contributed by atoms with Crippen LogP contribution in [0, 0.1) is 5.92 Å². The summed E-state index contributed by atoms with van der Waals surface area (Å²) in [6.07, 6.45) is 7.83. The van der Waals surface area contributed by atoms with Gasteiger partial charge >= 0.3 is 5.97 Å². The zero-order valence-corrected chi connectivity index (χ0v) is 13.0.